The molecule has 6 heteroatoms. The van der Waals surface area contributed by atoms with Gasteiger partial charge in [0.25, 0.3) is 0 Å². The van der Waals surface area contributed by atoms with Crippen molar-refractivity contribution in [3.8, 4) is 0 Å². The fraction of sp³-hybridized carbons (Fsp3) is 0.500. The molecule has 0 saturated heterocycles. The number of aliphatic hydroxyl groups excluding tert-OH is 1. The van der Waals surface area contributed by atoms with E-state index in [4.69, 9.17) is 5.11 Å². The van der Waals surface area contributed by atoms with Gasteiger partial charge in [0, 0.05) is 12.6 Å². The van der Waals surface area contributed by atoms with E-state index in [9.17, 15) is 12.8 Å². The highest BCUT2D eigenvalue weighted by Gasteiger charge is 2.30. The number of halogens is 1. The first kappa shape index (κ1) is 13.5. The van der Waals surface area contributed by atoms with Crippen LogP contribution in [0.25, 0.3) is 0 Å². The number of rotatable bonds is 4. The van der Waals surface area contributed by atoms with Crippen LogP contribution in [0.5, 0.6) is 0 Å². The Kier molecular flexibility index (Phi) is 3.99. The van der Waals surface area contributed by atoms with Crippen LogP contribution in [0.4, 0.5) is 4.39 Å². The normalized spacial score (nSPS) is 24.3. The summed E-state index contributed by atoms with van der Waals surface area (Å²) in [5.74, 6) is -0.628. The minimum Gasteiger partial charge on any atom is -0.396 e. The van der Waals surface area contributed by atoms with Crippen molar-refractivity contribution in [2.24, 2.45) is 5.92 Å². The van der Waals surface area contributed by atoms with Crippen molar-refractivity contribution < 1.29 is 17.9 Å². The van der Waals surface area contributed by atoms with Gasteiger partial charge in [0.15, 0.2) is 0 Å². The largest absolute Gasteiger partial charge is 0.396 e. The Morgan fingerprint density at radius 1 is 1.39 bits per heavy atom. The van der Waals surface area contributed by atoms with Crippen LogP contribution >= 0.6 is 0 Å². The molecule has 2 atom stereocenters. The van der Waals surface area contributed by atoms with Gasteiger partial charge in [-0.3, -0.25) is 0 Å². The summed E-state index contributed by atoms with van der Waals surface area (Å²) in [6, 6.07) is 4.65. The zero-order valence-corrected chi connectivity index (χ0v) is 10.7. The summed E-state index contributed by atoms with van der Waals surface area (Å²) in [5.41, 5.74) is 0. The molecule has 1 aliphatic carbocycles. The molecule has 0 heterocycles. The van der Waals surface area contributed by atoms with E-state index in [0.717, 1.165) is 18.9 Å². The number of benzene rings is 1. The quantitative estimate of drug-likeness (QED) is 0.868. The Bertz CT molecular complexity index is 518. The molecular formula is C12H16FNO3S. The summed E-state index contributed by atoms with van der Waals surface area (Å²) in [6.07, 6.45) is 2.41. The molecule has 1 fully saturated rings. The van der Waals surface area contributed by atoms with Gasteiger partial charge < -0.3 is 5.11 Å². The van der Waals surface area contributed by atoms with E-state index in [1.54, 1.807) is 0 Å². The first-order chi connectivity index (χ1) is 8.53. The topological polar surface area (TPSA) is 66.4 Å². The summed E-state index contributed by atoms with van der Waals surface area (Å²) in [5, 5.41) is 9.15. The maximum absolute atomic E-state index is 13.0. The molecule has 1 saturated carbocycles. The summed E-state index contributed by atoms with van der Waals surface area (Å²) < 4.78 is 39.7. The van der Waals surface area contributed by atoms with Gasteiger partial charge in [-0.05, 0) is 37.0 Å². The van der Waals surface area contributed by atoms with E-state index in [1.165, 1.54) is 18.2 Å². The first-order valence-electron chi connectivity index (χ1n) is 5.91. The first-order valence-corrected chi connectivity index (χ1v) is 7.40. The summed E-state index contributed by atoms with van der Waals surface area (Å²) in [7, 11) is -3.71. The smallest absolute Gasteiger partial charge is 0.240 e. The second-order valence-corrected chi connectivity index (χ2v) is 6.27. The second kappa shape index (κ2) is 5.34. The van der Waals surface area contributed by atoms with Gasteiger partial charge in [0.05, 0.1) is 4.90 Å². The SMILES string of the molecule is O=S(=O)(NC1CCCC1CO)c1cccc(F)c1. The maximum atomic E-state index is 13.0. The minimum absolute atomic E-state index is 0.0314. The van der Waals surface area contributed by atoms with E-state index in [-0.39, 0.29) is 23.5 Å². The van der Waals surface area contributed by atoms with Gasteiger partial charge in [-0.1, -0.05) is 12.5 Å². The highest BCUT2D eigenvalue weighted by molar-refractivity contribution is 7.89. The molecule has 1 aromatic rings. The highest BCUT2D eigenvalue weighted by atomic mass is 32.2. The lowest BCUT2D eigenvalue weighted by Gasteiger charge is -2.18. The standard InChI is InChI=1S/C12H16FNO3S/c13-10-4-2-5-11(7-10)18(16,17)14-12-6-1-3-9(12)8-15/h2,4-5,7,9,12,14-15H,1,3,6,8H2. The van der Waals surface area contributed by atoms with Crippen molar-refractivity contribution in [3.63, 3.8) is 0 Å². The minimum atomic E-state index is -3.71. The molecule has 2 rings (SSSR count). The van der Waals surface area contributed by atoms with Crippen molar-refractivity contribution in [2.75, 3.05) is 6.61 Å². The van der Waals surface area contributed by atoms with E-state index in [1.807, 2.05) is 0 Å². The van der Waals surface area contributed by atoms with Crippen molar-refractivity contribution >= 4 is 10.0 Å². The van der Waals surface area contributed by atoms with Crippen LogP contribution < -0.4 is 4.72 Å². The molecule has 2 N–H and O–H groups in total. The van der Waals surface area contributed by atoms with E-state index in [2.05, 4.69) is 4.72 Å². The van der Waals surface area contributed by atoms with Crippen LogP contribution in [0.3, 0.4) is 0 Å². The predicted octanol–water partition coefficient (Wildman–Crippen LogP) is 1.26. The van der Waals surface area contributed by atoms with Gasteiger partial charge in [-0.2, -0.15) is 0 Å². The van der Waals surface area contributed by atoms with Crippen LogP contribution in [0.15, 0.2) is 29.2 Å². The predicted molar refractivity (Wildman–Crippen MR) is 64.9 cm³/mol. The third kappa shape index (κ3) is 2.88. The van der Waals surface area contributed by atoms with E-state index >= 15 is 0 Å². The number of aliphatic hydroxyl groups is 1. The zero-order valence-electron chi connectivity index (χ0n) is 9.84. The second-order valence-electron chi connectivity index (χ2n) is 4.56. The molecule has 18 heavy (non-hydrogen) atoms. The van der Waals surface area contributed by atoms with Gasteiger partial charge in [-0.25, -0.2) is 17.5 Å². The number of sulfonamides is 1. The average molecular weight is 273 g/mol. The lowest BCUT2D eigenvalue weighted by Crippen LogP contribution is -2.38. The Labute approximate surface area is 106 Å². The zero-order chi connectivity index (χ0) is 13.2. The summed E-state index contributed by atoms with van der Waals surface area (Å²) in [4.78, 5) is -0.0777. The van der Waals surface area contributed by atoms with Gasteiger partial charge in [-0.15, -0.1) is 0 Å². The molecule has 100 valence electrons. The summed E-state index contributed by atoms with van der Waals surface area (Å²) in [6.45, 7) is -0.0314. The van der Waals surface area contributed by atoms with E-state index < -0.39 is 15.8 Å². The fourth-order valence-electron chi connectivity index (χ4n) is 2.31. The van der Waals surface area contributed by atoms with Crippen LogP contribution in [0.2, 0.25) is 0 Å². The third-order valence-electron chi connectivity index (χ3n) is 3.31. The van der Waals surface area contributed by atoms with Crippen LogP contribution in [-0.2, 0) is 10.0 Å². The van der Waals surface area contributed by atoms with Crippen molar-refractivity contribution in [3.05, 3.63) is 30.1 Å². The average Bonchev–Trinajstić information content (AvgIpc) is 2.75. The Hall–Kier alpha value is -0.980. The van der Waals surface area contributed by atoms with Crippen LogP contribution in [-0.4, -0.2) is 26.2 Å². The molecule has 1 aliphatic rings. The molecular weight excluding hydrogens is 257 g/mol. The number of hydrogen-bond acceptors (Lipinski definition) is 3. The Morgan fingerprint density at radius 2 is 2.17 bits per heavy atom. The molecule has 0 aromatic heterocycles. The molecule has 1 aromatic carbocycles. The Balaban J connectivity index is 2.17. The van der Waals surface area contributed by atoms with Gasteiger partial charge in [0.2, 0.25) is 10.0 Å². The summed E-state index contributed by atoms with van der Waals surface area (Å²) >= 11 is 0. The van der Waals surface area contributed by atoms with Crippen LogP contribution in [0.1, 0.15) is 19.3 Å². The molecule has 0 radical (unpaired) electrons. The van der Waals surface area contributed by atoms with Gasteiger partial charge >= 0.3 is 0 Å². The maximum Gasteiger partial charge on any atom is 0.240 e. The van der Waals surface area contributed by atoms with Crippen molar-refractivity contribution in [1.82, 2.24) is 4.72 Å². The Morgan fingerprint density at radius 3 is 2.83 bits per heavy atom. The van der Waals surface area contributed by atoms with Crippen molar-refractivity contribution in [2.45, 2.75) is 30.2 Å². The number of nitrogens with one attached hydrogen (secondary N) is 1. The molecule has 0 spiro atoms. The van der Waals surface area contributed by atoms with E-state index in [0.29, 0.717) is 6.42 Å². The van der Waals surface area contributed by atoms with Gasteiger partial charge in [0.1, 0.15) is 5.82 Å². The third-order valence-corrected chi connectivity index (χ3v) is 4.79. The fourth-order valence-corrected chi connectivity index (χ4v) is 3.68. The monoisotopic (exact) mass is 273 g/mol. The van der Waals surface area contributed by atoms with Crippen molar-refractivity contribution in [1.29, 1.82) is 0 Å². The number of hydrogen-bond donors (Lipinski definition) is 2. The lowest BCUT2D eigenvalue weighted by atomic mass is 10.1. The highest BCUT2D eigenvalue weighted by Crippen LogP contribution is 2.26. The van der Waals surface area contributed by atoms with Crippen LogP contribution in [0, 0.1) is 11.7 Å². The lowest BCUT2D eigenvalue weighted by molar-refractivity contribution is 0.213. The molecule has 0 bridgehead atoms. The molecule has 0 amide bonds. The molecule has 2 unspecified atom stereocenters. The molecule has 0 aliphatic heterocycles. The molecule has 4 nitrogen and oxygen atoms in total.